The fourth-order valence-electron chi connectivity index (χ4n) is 0.954. The smallest absolute Gasteiger partial charge is 0.334 e. The number of ether oxygens (including phenoxy) is 1. The third-order valence-electron chi connectivity index (χ3n) is 1.71. The van der Waals surface area contributed by atoms with Crippen LogP contribution in [0.25, 0.3) is 0 Å². The standard InChI is InChI=1S/C11H14O5/c1-4-5-9(8(3)11(14)15)16-10(13)6-7(2)12/h4,9H,1,3,5-6H2,2H3,(H,14,15). The minimum atomic E-state index is -1.25. The van der Waals surface area contributed by atoms with E-state index in [9.17, 15) is 14.4 Å². The van der Waals surface area contributed by atoms with E-state index in [4.69, 9.17) is 9.84 Å². The lowest BCUT2D eigenvalue weighted by molar-refractivity contribution is -0.149. The van der Waals surface area contributed by atoms with Gasteiger partial charge in [-0.05, 0) is 6.92 Å². The Hall–Kier alpha value is -1.91. The minimum Gasteiger partial charge on any atom is -0.478 e. The molecule has 5 heteroatoms. The molecular formula is C11H14O5. The van der Waals surface area contributed by atoms with Gasteiger partial charge in [-0.25, -0.2) is 4.79 Å². The van der Waals surface area contributed by atoms with Gasteiger partial charge in [0.25, 0.3) is 0 Å². The van der Waals surface area contributed by atoms with E-state index < -0.39 is 18.0 Å². The highest BCUT2D eigenvalue weighted by atomic mass is 16.5. The predicted octanol–water partition coefficient (Wildman–Crippen LogP) is 1.09. The second-order valence-corrected chi connectivity index (χ2v) is 3.21. The van der Waals surface area contributed by atoms with Crippen molar-refractivity contribution in [3.8, 4) is 0 Å². The molecule has 0 heterocycles. The minimum absolute atomic E-state index is 0.148. The number of aliphatic carboxylic acids is 1. The molecule has 0 radical (unpaired) electrons. The molecule has 16 heavy (non-hydrogen) atoms. The maximum atomic E-state index is 11.2. The van der Waals surface area contributed by atoms with Crippen molar-refractivity contribution in [1.82, 2.24) is 0 Å². The molecule has 0 bridgehead atoms. The second kappa shape index (κ2) is 6.55. The van der Waals surface area contributed by atoms with Gasteiger partial charge in [0.05, 0.1) is 5.57 Å². The van der Waals surface area contributed by atoms with Crippen molar-refractivity contribution >= 4 is 17.7 Å². The Morgan fingerprint density at radius 1 is 1.44 bits per heavy atom. The first kappa shape index (κ1) is 14.1. The van der Waals surface area contributed by atoms with E-state index in [1.807, 2.05) is 0 Å². The molecule has 0 fully saturated rings. The first-order valence-electron chi connectivity index (χ1n) is 4.60. The first-order valence-corrected chi connectivity index (χ1v) is 4.60. The van der Waals surface area contributed by atoms with Crippen LogP contribution in [0.3, 0.4) is 0 Å². The summed E-state index contributed by atoms with van der Waals surface area (Å²) in [6.07, 6.45) is 0.219. The summed E-state index contributed by atoms with van der Waals surface area (Å²) in [6, 6.07) is 0. The average Bonchev–Trinajstić information content (AvgIpc) is 2.14. The predicted molar refractivity (Wildman–Crippen MR) is 56.8 cm³/mol. The highest BCUT2D eigenvalue weighted by Crippen LogP contribution is 2.11. The summed E-state index contributed by atoms with van der Waals surface area (Å²) in [4.78, 5) is 32.4. The Labute approximate surface area is 93.4 Å². The van der Waals surface area contributed by atoms with Gasteiger partial charge in [-0.3, -0.25) is 9.59 Å². The van der Waals surface area contributed by atoms with Gasteiger partial charge in [-0.15, -0.1) is 6.58 Å². The van der Waals surface area contributed by atoms with Gasteiger partial charge in [-0.2, -0.15) is 0 Å². The lowest BCUT2D eigenvalue weighted by Crippen LogP contribution is -2.24. The number of Topliss-reactive ketones (excluding diaryl/α,β-unsaturated/α-hetero) is 1. The monoisotopic (exact) mass is 226 g/mol. The molecule has 0 saturated heterocycles. The van der Waals surface area contributed by atoms with Crippen LogP contribution in [-0.4, -0.2) is 28.9 Å². The van der Waals surface area contributed by atoms with E-state index in [0.717, 1.165) is 0 Å². The van der Waals surface area contributed by atoms with Crippen LogP contribution in [0.4, 0.5) is 0 Å². The number of esters is 1. The molecule has 1 atom stereocenters. The third-order valence-corrected chi connectivity index (χ3v) is 1.71. The molecule has 0 aliphatic carbocycles. The van der Waals surface area contributed by atoms with Gasteiger partial charge in [0.15, 0.2) is 0 Å². The second-order valence-electron chi connectivity index (χ2n) is 3.21. The van der Waals surface area contributed by atoms with Crippen molar-refractivity contribution < 1.29 is 24.2 Å². The maximum absolute atomic E-state index is 11.2. The number of rotatable bonds is 7. The number of carbonyl (C=O) groups excluding carboxylic acids is 2. The number of ketones is 1. The van der Waals surface area contributed by atoms with Crippen molar-refractivity contribution in [2.24, 2.45) is 0 Å². The Morgan fingerprint density at radius 2 is 2.00 bits per heavy atom. The molecule has 88 valence electrons. The number of carboxylic acids is 1. The summed E-state index contributed by atoms with van der Waals surface area (Å²) >= 11 is 0. The maximum Gasteiger partial charge on any atom is 0.334 e. The van der Waals surface area contributed by atoms with E-state index in [2.05, 4.69) is 13.2 Å². The lowest BCUT2D eigenvalue weighted by Gasteiger charge is -2.15. The lowest BCUT2D eigenvalue weighted by atomic mass is 10.1. The topological polar surface area (TPSA) is 80.7 Å². The summed E-state index contributed by atoms with van der Waals surface area (Å²) < 4.78 is 4.81. The van der Waals surface area contributed by atoms with Crippen molar-refractivity contribution in [3.63, 3.8) is 0 Å². The molecule has 0 aromatic carbocycles. The van der Waals surface area contributed by atoms with Crippen LogP contribution >= 0.6 is 0 Å². The van der Waals surface area contributed by atoms with E-state index in [-0.39, 0.29) is 24.2 Å². The van der Waals surface area contributed by atoms with Crippen LogP contribution in [0, 0.1) is 0 Å². The summed E-state index contributed by atoms with van der Waals surface area (Å²) in [7, 11) is 0. The SMILES string of the molecule is C=CCC(OC(=O)CC(C)=O)C(=C)C(=O)O. The van der Waals surface area contributed by atoms with Gasteiger partial charge in [-0.1, -0.05) is 12.7 Å². The van der Waals surface area contributed by atoms with Crippen LogP contribution in [0.2, 0.25) is 0 Å². The van der Waals surface area contributed by atoms with Crippen LogP contribution in [-0.2, 0) is 19.1 Å². The molecule has 0 aliphatic heterocycles. The zero-order valence-corrected chi connectivity index (χ0v) is 9.06. The van der Waals surface area contributed by atoms with Crippen LogP contribution in [0.5, 0.6) is 0 Å². The van der Waals surface area contributed by atoms with Crippen molar-refractivity contribution in [2.75, 3.05) is 0 Å². The van der Waals surface area contributed by atoms with E-state index in [1.54, 1.807) is 0 Å². The summed E-state index contributed by atoms with van der Waals surface area (Å²) in [5, 5.41) is 8.68. The molecule has 0 spiro atoms. The molecular weight excluding hydrogens is 212 g/mol. The van der Waals surface area contributed by atoms with Gasteiger partial charge in [0, 0.05) is 6.42 Å². The largest absolute Gasteiger partial charge is 0.478 e. The summed E-state index contributed by atoms with van der Waals surface area (Å²) in [5.41, 5.74) is -0.239. The normalized spacial score (nSPS) is 11.3. The molecule has 1 unspecified atom stereocenters. The molecule has 0 rings (SSSR count). The van der Waals surface area contributed by atoms with Crippen LogP contribution in [0.1, 0.15) is 19.8 Å². The summed E-state index contributed by atoms with van der Waals surface area (Å²) in [6.45, 7) is 7.96. The van der Waals surface area contributed by atoms with Gasteiger partial charge in [0.2, 0.25) is 0 Å². The molecule has 0 saturated carbocycles. The Balaban J connectivity index is 4.50. The molecule has 0 aromatic heterocycles. The highest BCUT2D eigenvalue weighted by Gasteiger charge is 2.21. The number of hydrogen-bond acceptors (Lipinski definition) is 4. The fraction of sp³-hybridized carbons (Fsp3) is 0.364. The van der Waals surface area contributed by atoms with Crippen molar-refractivity contribution in [2.45, 2.75) is 25.9 Å². The quantitative estimate of drug-likeness (QED) is 0.304. The zero-order chi connectivity index (χ0) is 12.7. The number of carbonyl (C=O) groups is 3. The van der Waals surface area contributed by atoms with Crippen molar-refractivity contribution in [1.29, 1.82) is 0 Å². The molecule has 0 aromatic rings. The highest BCUT2D eigenvalue weighted by molar-refractivity contribution is 5.94. The Morgan fingerprint density at radius 3 is 2.38 bits per heavy atom. The molecule has 0 amide bonds. The van der Waals surface area contributed by atoms with E-state index >= 15 is 0 Å². The molecule has 1 N–H and O–H groups in total. The Bertz CT molecular complexity index is 329. The zero-order valence-electron chi connectivity index (χ0n) is 9.06. The van der Waals surface area contributed by atoms with Crippen LogP contribution in [0.15, 0.2) is 24.8 Å². The number of hydrogen-bond donors (Lipinski definition) is 1. The third kappa shape index (κ3) is 5.09. The molecule has 0 aliphatic rings. The summed E-state index contributed by atoms with van der Waals surface area (Å²) in [5.74, 6) is -2.35. The number of carboxylic acid groups (broad SMARTS) is 1. The van der Waals surface area contributed by atoms with Gasteiger partial charge < -0.3 is 9.84 Å². The van der Waals surface area contributed by atoms with E-state index in [0.29, 0.717) is 0 Å². The van der Waals surface area contributed by atoms with Crippen molar-refractivity contribution in [3.05, 3.63) is 24.8 Å². The first-order chi connectivity index (χ1) is 7.38. The van der Waals surface area contributed by atoms with Crippen LogP contribution < -0.4 is 0 Å². The van der Waals surface area contributed by atoms with E-state index in [1.165, 1.54) is 13.0 Å². The van der Waals surface area contributed by atoms with Gasteiger partial charge >= 0.3 is 11.9 Å². The Kier molecular flexibility index (Phi) is 5.77. The average molecular weight is 226 g/mol. The molecule has 5 nitrogen and oxygen atoms in total. The fourth-order valence-corrected chi connectivity index (χ4v) is 0.954. The van der Waals surface area contributed by atoms with Gasteiger partial charge in [0.1, 0.15) is 18.3 Å².